The highest BCUT2D eigenvalue weighted by molar-refractivity contribution is 8.03. The van der Waals surface area contributed by atoms with Crippen molar-refractivity contribution in [2.45, 2.75) is 30.0 Å². The number of hydrogen-bond acceptors (Lipinski definition) is 10. The molecule has 13 heteroatoms. The zero-order valence-electron chi connectivity index (χ0n) is 24.2. The number of dihydropyridines is 1. The number of piperazine rings is 1. The summed E-state index contributed by atoms with van der Waals surface area (Å²) >= 11 is 1.06. The molecule has 2 saturated heterocycles. The molecular weight excluding hydrogens is 576 g/mol. The van der Waals surface area contributed by atoms with Crippen LogP contribution in [0.5, 0.6) is 0 Å². The van der Waals surface area contributed by atoms with Crippen molar-refractivity contribution in [3.05, 3.63) is 76.0 Å². The minimum atomic E-state index is -0.805. The number of nitrogens with two attached hydrogens (primary N) is 2. The lowest BCUT2D eigenvalue weighted by Crippen LogP contribution is -2.44. The fraction of sp³-hybridized carbons (Fsp3) is 0.400. The van der Waals surface area contributed by atoms with Crippen LogP contribution in [0.2, 0.25) is 0 Å². The Labute approximate surface area is 254 Å². The number of nitrogens with zero attached hydrogens (tertiary/aromatic N) is 3. The molecule has 43 heavy (non-hydrogen) atoms. The standard InChI is InChI=1S/C30H37F2N7O3S/c1-38-7-9-39(10-8-38)21-3-4-23(25(16-21)35-20-5-11-42-12-6-20)29(40)36-27(33)24-17-26(30(41-2)37-28(24)34)43-22-14-18(31)13-19(32)15-22/h3-4,13-17,20,30,35H,5-12,33H2,1-2H3,(H2,34,37)(H,36,40). The summed E-state index contributed by atoms with van der Waals surface area (Å²) in [5.74, 6) is -1.78. The molecule has 0 spiro atoms. The van der Waals surface area contributed by atoms with Crippen LogP contribution in [0.1, 0.15) is 23.2 Å². The summed E-state index contributed by atoms with van der Waals surface area (Å²) in [7, 11) is 3.56. The Morgan fingerprint density at radius 2 is 1.79 bits per heavy atom. The highest BCUT2D eigenvalue weighted by atomic mass is 32.2. The number of aliphatic imine (C=N–C) groups is 1. The van der Waals surface area contributed by atoms with Crippen LogP contribution in [0.15, 0.2) is 68.7 Å². The number of amides is 1. The van der Waals surface area contributed by atoms with Crippen molar-refractivity contribution in [2.24, 2.45) is 16.5 Å². The first-order valence-corrected chi connectivity index (χ1v) is 15.0. The van der Waals surface area contributed by atoms with E-state index in [1.54, 1.807) is 12.1 Å². The Morgan fingerprint density at radius 1 is 1.09 bits per heavy atom. The molecule has 2 fully saturated rings. The third-order valence-electron chi connectivity index (χ3n) is 7.59. The lowest BCUT2D eigenvalue weighted by atomic mass is 10.1. The van der Waals surface area contributed by atoms with Gasteiger partial charge in [0.2, 0.25) is 0 Å². The van der Waals surface area contributed by atoms with Gasteiger partial charge in [0.1, 0.15) is 23.3 Å². The van der Waals surface area contributed by atoms with Gasteiger partial charge in [0.15, 0.2) is 6.23 Å². The average Bonchev–Trinajstić information content (AvgIpc) is 2.98. The molecule has 3 heterocycles. The van der Waals surface area contributed by atoms with Crippen molar-refractivity contribution >= 4 is 34.9 Å². The van der Waals surface area contributed by atoms with Gasteiger partial charge in [0.05, 0.1) is 11.1 Å². The van der Waals surface area contributed by atoms with Crippen LogP contribution < -0.4 is 27.0 Å². The summed E-state index contributed by atoms with van der Waals surface area (Å²) in [6, 6.07) is 9.15. The Bertz CT molecular complexity index is 1420. The maximum atomic E-state index is 13.8. The van der Waals surface area contributed by atoms with Crippen LogP contribution in [0.3, 0.4) is 0 Å². The molecule has 0 aromatic heterocycles. The molecule has 2 aromatic carbocycles. The quantitative estimate of drug-likeness (QED) is 0.355. The van der Waals surface area contributed by atoms with Gasteiger partial charge in [-0.1, -0.05) is 11.8 Å². The van der Waals surface area contributed by atoms with E-state index >= 15 is 0 Å². The van der Waals surface area contributed by atoms with Crippen LogP contribution in [0, 0.1) is 11.6 Å². The van der Waals surface area contributed by atoms with E-state index in [1.165, 1.54) is 19.2 Å². The summed E-state index contributed by atoms with van der Waals surface area (Å²) in [4.78, 5) is 23.4. The van der Waals surface area contributed by atoms with Crippen molar-refractivity contribution in [3.63, 3.8) is 0 Å². The number of hydrogen-bond donors (Lipinski definition) is 4. The molecule has 6 N–H and O–H groups in total. The van der Waals surface area contributed by atoms with Gasteiger partial charge in [0, 0.05) is 79.8 Å². The van der Waals surface area contributed by atoms with Crippen molar-refractivity contribution in [1.29, 1.82) is 0 Å². The molecule has 2 aromatic rings. The molecule has 230 valence electrons. The van der Waals surface area contributed by atoms with E-state index < -0.39 is 23.8 Å². The van der Waals surface area contributed by atoms with Gasteiger partial charge in [-0.3, -0.25) is 4.79 Å². The van der Waals surface area contributed by atoms with Gasteiger partial charge in [0.25, 0.3) is 5.91 Å². The molecule has 3 aliphatic heterocycles. The molecule has 0 saturated carbocycles. The fourth-order valence-corrected chi connectivity index (χ4v) is 6.21. The van der Waals surface area contributed by atoms with E-state index in [4.69, 9.17) is 20.9 Å². The minimum Gasteiger partial charge on any atom is -0.385 e. The number of carbonyl (C=O) groups excluding carboxylic acids is 1. The average molecular weight is 614 g/mol. The molecule has 0 aliphatic carbocycles. The topological polar surface area (TPSA) is 130 Å². The summed E-state index contributed by atoms with van der Waals surface area (Å²) < 4.78 is 38.6. The van der Waals surface area contributed by atoms with Crippen molar-refractivity contribution in [3.8, 4) is 0 Å². The second-order valence-electron chi connectivity index (χ2n) is 10.7. The third kappa shape index (κ3) is 7.66. The molecule has 0 radical (unpaired) electrons. The number of carbonyl (C=O) groups is 1. The summed E-state index contributed by atoms with van der Waals surface area (Å²) in [5.41, 5.74) is 15.0. The van der Waals surface area contributed by atoms with Gasteiger partial charge in [-0.25, -0.2) is 13.8 Å². The maximum Gasteiger partial charge on any atom is 0.258 e. The Morgan fingerprint density at radius 3 is 2.47 bits per heavy atom. The van der Waals surface area contributed by atoms with Gasteiger partial charge in [-0.15, -0.1) is 0 Å². The lowest BCUT2D eigenvalue weighted by Gasteiger charge is -2.34. The van der Waals surface area contributed by atoms with Crippen LogP contribution in [0.4, 0.5) is 20.2 Å². The predicted molar refractivity (Wildman–Crippen MR) is 165 cm³/mol. The van der Waals surface area contributed by atoms with Crippen LogP contribution in [-0.2, 0) is 9.47 Å². The Balaban J connectivity index is 1.41. The van der Waals surface area contributed by atoms with E-state index in [2.05, 4.69) is 32.5 Å². The number of anilines is 2. The number of nitrogens with one attached hydrogen (secondary N) is 2. The minimum absolute atomic E-state index is 0.00973. The van der Waals surface area contributed by atoms with E-state index in [0.29, 0.717) is 34.3 Å². The smallest absolute Gasteiger partial charge is 0.258 e. The summed E-state index contributed by atoms with van der Waals surface area (Å²) in [6.07, 6.45) is 2.47. The molecule has 1 amide bonds. The zero-order valence-corrected chi connectivity index (χ0v) is 25.1. The van der Waals surface area contributed by atoms with Gasteiger partial charge >= 0.3 is 0 Å². The molecule has 3 aliphatic rings. The number of halogens is 2. The second-order valence-corrected chi connectivity index (χ2v) is 11.8. The van der Waals surface area contributed by atoms with Crippen LogP contribution in [0.25, 0.3) is 0 Å². The molecule has 10 nitrogen and oxygen atoms in total. The second kappa shape index (κ2) is 13.8. The number of likely N-dealkylation sites (N-methyl/N-ethyl adjacent to an activating group) is 1. The fourth-order valence-electron chi connectivity index (χ4n) is 5.16. The van der Waals surface area contributed by atoms with Gasteiger partial charge in [-0.05, 0) is 56.3 Å². The largest absolute Gasteiger partial charge is 0.385 e. The number of thioether (sulfide) groups is 1. The summed E-state index contributed by atoms with van der Waals surface area (Å²) in [5, 5.41) is 6.33. The molecular formula is C30H37F2N7O3S. The Kier molecular flexibility index (Phi) is 9.86. The normalized spacial score (nSPS) is 21.2. The molecule has 5 rings (SSSR count). The van der Waals surface area contributed by atoms with E-state index in [-0.39, 0.29) is 23.3 Å². The molecule has 1 unspecified atom stereocenters. The first kappa shape index (κ1) is 30.8. The number of rotatable bonds is 8. The molecule has 1 atom stereocenters. The molecule has 0 bridgehead atoms. The monoisotopic (exact) mass is 613 g/mol. The van der Waals surface area contributed by atoms with Crippen molar-refractivity contribution in [2.75, 3.05) is 63.8 Å². The van der Waals surface area contributed by atoms with Crippen LogP contribution >= 0.6 is 11.8 Å². The SMILES string of the molecule is COC1N=C(N)C(=C(N)NC(=O)c2ccc(N3CCN(C)CC3)cc2NC2CCOCC2)C=C1Sc1cc(F)cc(F)c1. The predicted octanol–water partition coefficient (Wildman–Crippen LogP) is 3.23. The maximum absolute atomic E-state index is 13.8. The highest BCUT2D eigenvalue weighted by Crippen LogP contribution is 2.35. The van der Waals surface area contributed by atoms with Gasteiger partial charge < -0.3 is 41.4 Å². The van der Waals surface area contributed by atoms with E-state index in [9.17, 15) is 13.6 Å². The Hall–Kier alpha value is -3.65. The number of benzene rings is 2. The zero-order chi connectivity index (χ0) is 30.5. The number of amidine groups is 1. The lowest BCUT2D eigenvalue weighted by molar-refractivity contribution is 0.0904. The van der Waals surface area contributed by atoms with Crippen LogP contribution in [-0.4, -0.2) is 82.5 Å². The van der Waals surface area contributed by atoms with Crippen molar-refractivity contribution in [1.82, 2.24) is 10.2 Å². The first-order valence-electron chi connectivity index (χ1n) is 14.1. The third-order valence-corrected chi connectivity index (χ3v) is 8.62. The van der Waals surface area contributed by atoms with Crippen molar-refractivity contribution < 1.29 is 23.0 Å². The highest BCUT2D eigenvalue weighted by Gasteiger charge is 2.25. The first-order chi connectivity index (χ1) is 20.7. The number of ether oxygens (including phenoxy) is 2. The van der Waals surface area contributed by atoms with E-state index in [0.717, 1.165) is 62.5 Å². The summed E-state index contributed by atoms with van der Waals surface area (Å²) in [6.45, 7) is 5.04. The van der Waals surface area contributed by atoms with E-state index in [1.807, 2.05) is 12.1 Å². The number of methoxy groups -OCH3 is 1. The van der Waals surface area contributed by atoms with Gasteiger partial charge in [-0.2, -0.15) is 0 Å².